The maximum atomic E-state index is 11.6. The number of halogens is 1. The van der Waals surface area contributed by atoms with Gasteiger partial charge in [0.2, 0.25) is 15.3 Å². The minimum absolute atomic E-state index is 0.0497. The van der Waals surface area contributed by atoms with E-state index in [9.17, 15) is 8.42 Å². The number of rotatable bonds is 4. The summed E-state index contributed by atoms with van der Waals surface area (Å²) in [5, 5.41) is 7.49. The summed E-state index contributed by atoms with van der Waals surface area (Å²) in [5.41, 5.74) is 0. The number of hydrogen-bond acceptors (Lipinski definition) is 5. The first-order chi connectivity index (χ1) is 7.49. The third-order valence-electron chi connectivity index (χ3n) is 1.76. The minimum atomic E-state index is -3.75. The Balaban J connectivity index is 2.94. The van der Waals surface area contributed by atoms with E-state index in [0.29, 0.717) is 0 Å². The van der Waals surface area contributed by atoms with E-state index in [-0.39, 0.29) is 17.5 Å². The number of hydrogen-bond donors (Lipinski definition) is 1. The fraction of sp³-hybridized carbons (Fsp3) is 0.375. The van der Waals surface area contributed by atoms with E-state index >= 15 is 0 Å². The summed E-state index contributed by atoms with van der Waals surface area (Å²) in [6.07, 6.45) is 1.52. The van der Waals surface area contributed by atoms with Crippen LogP contribution in [0.4, 0.5) is 5.82 Å². The van der Waals surface area contributed by atoms with Crippen molar-refractivity contribution in [2.24, 2.45) is 0 Å². The van der Waals surface area contributed by atoms with Gasteiger partial charge in [0.1, 0.15) is 5.82 Å². The molecule has 0 radical (unpaired) electrons. The molecule has 0 amide bonds. The third kappa shape index (κ3) is 3.05. The molecular weight excluding hydrogens is 252 g/mol. The zero-order valence-electron chi connectivity index (χ0n) is 8.38. The van der Waals surface area contributed by atoms with E-state index in [1.165, 1.54) is 12.3 Å². The lowest BCUT2D eigenvalue weighted by molar-refractivity contribution is 0.592. The molecule has 0 fully saturated rings. The second-order valence-electron chi connectivity index (χ2n) is 2.88. The molecule has 0 bridgehead atoms. The van der Waals surface area contributed by atoms with E-state index in [1.54, 1.807) is 13.0 Å². The summed E-state index contributed by atoms with van der Waals surface area (Å²) in [6, 6.07) is 3.05. The Morgan fingerprint density at radius 2 is 2.38 bits per heavy atom. The van der Waals surface area contributed by atoms with Crippen molar-refractivity contribution in [3.63, 3.8) is 0 Å². The van der Waals surface area contributed by atoms with Crippen LogP contribution >= 0.6 is 11.6 Å². The molecule has 16 heavy (non-hydrogen) atoms. The highest BCUT2D eigenvalue weighted by Crippen LogP contribution is 2.12. The summed E-state index contributed by atoms with van der Waals surface area (Å²) in [7, 11) is -3.75. The SMILES string of the molecule is CCC(C#N)S(=O)(=O)Nc1ccnc(Cl)n1. The summed E-state index contributed by atoms with van der Waals surface area (Å²) in [4.78, 5) is 7.27. The lowest BCUT2D eigenvalue weighted by Gasteiger charge is -2.09. The summed E-state index contributed by atoms with van der Waals surface area (Å²) >= 11 is 5.50. The molecule has 0 saturated heterocycles. The Morgan fingerprint density at radius 3 is 2.88 bits per heavy atom. The Hall–Kier alpha value is -1.39. The van der Waals surface area contributed by atoms with Crippen LogP contribution in [0.25, 0.3) is 0 Å². The molecule has 0 saturated carbocycles. The van der Waals surface area contributed by atoms with Gasteiger partial charge in [0.05, 0.1) is 6.07 Å². The van der Waals surface area contributed by atoms with E-state index in [2.05, 4.69) is 14.7 Å². The predicted octanol–water partition coefficient (Wildman–Crippen LogP) is 1.17. The lowest BCUT2D eigenvalue weighted by Crippen LogP contribution is -2.26. The van der Waals surface area contributed by atoms with Crippen molar-refractivity contribution in [1.29, 1.82) is 5.26 Å². The van der Waals surface area contributed by atoms with Gasteiger partial charge in [-0.25, -0.2) is 13.4 Å². The van der Waals surface area contributed by atoms with Crippen molar-refractivity contribution in [2.75, 3.05) is 4.72 Å². The third-order valence-corrected chi connectivity index (χ3v) is 3.63. The van der Waals surface area contributed by atoms with Crippen LogP contribution in [-0.2, 0) is 10.0 Å². The molecule has 1 atom stereocenters. The molecule has 0 aliphatic heterocycles. The quantitative estimate of drug-likeness (QED) is 0.820. The van der Waals surface area contributed by atoms with Crippen LogP contribution in [0.15, 0.2) is 12.3 Å². The second-order valence-corrected chi connectivity index (χ2v) is 5.09. The van der Waals surface area contributed by atoms with Crippen molar-refractivity contribution < 1.29 is 8.42 Å². The van der Waals surface area contributed by atoms with Gasteiger partial charge in [0, 0.05) is 6.20 Å². The first-order valence-electron chi connectivity index (χ1n) is 4.39. The molecule has 1 rings (SSSR count). The first kappa shape index (κ1) is 12.7. The molecule has 1 N–H and O–H groups in total. The smallest absolute Gasteiger partial charge is 0.250 e. The number of nitriles is 1. The molecule has 0 aliphatic rings. The topological polar surface area (TPSA) is 95.7 Å². The van der Waals surface area contributed by atoms with Gasteiger partial charge in [0.25, 0.3) is 0 Å². The van der Waals surface area contributed by atoms with Gasteiger partial charge in [-0.05, 0) is 24.1 Å². The zero-order chi connectivity index (χ0) is 12.2. The summed E-state index contributed by atoms with van der Waals surface area (Å²) in [5.74, 6) is 0.0497. The fourth-order valence-electron chi connectivity index (χ4n) is 0.989. The maximum Gasteiger partial charge on any atom is 0.250 e. The van der Waals surface area contributed by atoms with Crippen molar-refractivity contribution in [3.8, 4) is 6.07 Å². The Morgan fingerprint density at radius 1 is 1.69 bits per heavy atom. The molecule has 1 unspecified atom stereocenters. The Kier molecular flexibility index (Phi) is 4.04. The molecule has 8 heteroatoms. The van der Waals surface area contributed by atoms with E-state index in [1.807, 2.05) is 0 Å². The molecular formula is C8H9ClN4O2S. The number of nitrogens with zero attached hydrogens (tertiary/aromatic N) is 3. The zero-order valence-corrected chi connectivity index (χ0v) is 9.96. The van der Waals surface area contributed by atoms with Gasteiger partial charge in [-0.2, -0.15) is 10.2 Å². The summed E-state index contributed by atoms with van der Waals surface area (Å²) < 4.78 is 25.4. The van der Waals surface area contributed by atoms with E-state index in [4.69, 9.17) is 16.9 Å². The molecule has 1 aromatic heterocycles. The van der Waals surface area contributed by atoms with Crippen LogP contribution in [0.1, 0.15) is 13.3 Å². The highest BCUT2D eigenvalue weighted by molar-refractivity contribution is 7.93. The average Bonchev–Trinajstić information content (AvgIpc) is 2.18. The van der Waals surface area contributed by atoms with Crippen LogP contribution < -0.4 is 4.72 Å². The van der Waals surface area contributed by atoms with Crippen molar-refractivity contribution >= 4 is 27.4 Å². The first-order valence-corrected chi connectivity index (χ1v) is 6.32. The fourth-order valence-corrected chi connectivity index (χ4v) is 2.26. The van der Waals surface area contributed by atoms with Crippen molar-refractivity contribution in [1.82, 2.24) is 9.97 Å². The second kappa shape index (κ2) is 5.09. The number of sulfonamides is 1. The van der Waals surface area contributed by atoms with Crippen molar-refractivity contribution in [2.45, 2.75) is 18.6 Å². The van der Waals surface area contributed by atoms with Crippen LogP contribution in [0.5, 0.6) is 0 Å². The van der Waals surface area contributed by atoms with Gasteiger partial charge < -0.3 is 0 Å². The minimum Gasteiger partial charge on any atom is -0.266 e. The average molecular weight is 261 g/mol. The van der Waals surface area contributed by atoms with Gasteiger partial charge >= 0.3 is 0 Å². The van der Waals surface area contributed by atoms with Crippen LogP contribution in [0.2, 0.25) is 5.28 Å². The van der Waals surface area contributed by atoms with Gasteiger partial charge in [-0.15, -0.1) is 0 Å². The van der Waals surface area contributed by atoms with Crippen molar-refractivity contribution in [3.05, 3.63) is 17.5 Å². The number of nitrogens with one attached hydrogen (secondary N) is 1. The van der Waals surface area contributed by atoms with Gasteiger partial charge in [0.15, 0.2) is 5.25 Å². The largest absolute Gasteiger partial charge is 0.266 e. The lowest BCUT2D eigenvalue weighted by atomic mass is 10.4. The number of anilines is 1. The highest BCUT2D eigenvalue weighted by Gasteiger charge is 2.23. The monoisotopic (exact) mass is 260 g/mol. The molecule has 0 aliphatic carbocycles. The highest BCUT2D eigenvalue weighted by atomic mass is 35.5. The number of aromatic nitrogens is 2. The van der Waals surface area contributed by atoms with Crippen LogP contribution in [0.3, 0.4) is 0 Å². The Bertz CT molecular complexity index is 511. The molecule has 0 spiro atoms. The van der Waals surface area contributed by atoms with E-state index in [0.717, 1.165) is 0 Å². The maximum absolute atomic E-state index is 11.6. The van der Waals surface area contributed by atoms with Gasteiger partial charge in [-0.3, -0.25) is 4.72 Å². The molecule has 86 valence electrons. The predicted molar refractivity (Wildman–Crippen MR) is 59.3 cm³/mol. The normalized spacial score (nSPS) is 12.8. The molecule has 1 aromatic rings. The van der Waals surface area contributed by atoms with E-state index < -0.39 is 15.3 Å². The molecule has 6 nitrogen and oxygen atoms in total. The molecule has 1 heterocycles. The summed E-state index contributed by atoms with van der Waals surface area (Å²) in [6.45, 7) is 1.61. The van der Waals surface area contributed by atoms with Crippen LogP contribution in [-0.4, -0.2) is 23.6 Å². The Labute approximate surface area is 98.3 Å². The van der Waals surface area contributed by atoms with Gasteiger partial charge in [-0.1, -0.05) is 6.92 Å². The van der Waals surface area contributed by atoms with Crippen LogP contribution in [0, 0.1) is 11.3 Å². The standard InChI is InChI=1S/C8H9ClN4O2S/c1-2-6(5-10)16(14,15)13-7-3-4-11-8(9)12-7/h3-4,6H,2H2,1H3,(H,11,12,13). The molecule has 0 aromatic carbocycles.